The van der Waals surface area contributed by atoms with Crippen molar-refractivity contribution in [3.63, 3.8) is 0 Å². The van der Waals surface area contributed by atoms with Gasteiger partial charge in [0.1, 0.15) is 5.75 Å². The third-order valence-electron chi connectivity index (χ3n) is 3.48. The number of ether oxygens (including phenoxy) is 1. The lowest BCUT2D eigenvalue weighted by molar-refractivity contribution is 0.274. The maximum atomic E-state index is 6.20. The minimum atomic E-state index is 0.469. The maximum absolute atomic E-state index is 6.20. The summed E-state index contributed by atoms with van der Waals surface area (Å²) in [7, 11) is 1.67. The Labute approximate surface area is 114 Å². The summed E-state index contributed by atoms with van der Waals surface area (Å²) >= 11 is 6.20. The summed E-state index contributed by atoms with van der Waals surface area (Å²) in [4.78, 5) is 2.48. The molecule has 0 spiro atoms. The monoisotopic (exact) mass is 268 g/mol. The number of methoxy groups -OCH3 is 1. The first-order valence-corrected chi connectivity index (χ1v) is 6.82. The Kier molecular flexibility index (Phi) is 4.36. The quantitative estimate of drug-likeness (QED) is 0.907. The molecule has 0 amide bonds. The molecule has 1 unspecified atom stereocenters. The number of hydrogen-bond acceptors (Lipinski definition) is 3. The molecular weight excluding hydrogens is 248 g/mol. The summed E-state index contributed by atoms with van der Waals surface area (Å²) < 4.78 is 5.22. The third-order valence-corrected chi connectivity index (χ3v) is 3.81. The van der Waals surface area contributed by atoms with Crippen LogP contribution < -0.4 is 10.1 Å². The molecule has 0 aromatic heterocycles. The Morgan fingerprint density at radius 2 is 2.22 bits per heavy atom. The first-order chi connectivity index (χ1) is 8.60. The van der Waals surface area contributed by atoms with Gasteiger partial charge in [-0.25, -0.2) is 0 Å². The average Bonchev–Trinajstić information content (AvgIpc) is 2.81. The van der Waals surface area contributed by atoms with Gasteiger partial charge >= 0.3 is 0 Å². The zero-order valence-electron chi connectivity index (χ0n) is 11.2. The summed E-state index contributed by atoms with van der Waals surface area (Å²) in [6, 6.07) is 6.79. The van der Waals surface area contributed by atoms with Gasteiger partial charge in [0, 0.05) is 31.2 Å². The number of nitrogens with one attached hydrogen (secondary N) is 1. The molecule has 1 saturated heterocycles. The van der Waals surface area contributed by atoms with Gasteiger partial charge in [0.2, 0.25) is 0 Å². The van der Waals surface area contributed by atoms with Crippen LogP contribution in [-0.4, -0.2) is 37.2 Å². The molecule has 3 nitrogen and oxygen atoms in total. The van der Waals surface area contributed by atoms with Gasteiger partial charge in [0.25, 0.3) is 0 Å². The van der Waals surface area contributed by atoms with Gasteiger partial charge in [0.15, 0.2) is 0 Å². The Balaban J connectivity index is 2.02. The molecule has 1 aliphatic heterocycles. The summed E-state index contributed by atoms with van der Waals surface area (Å²) in [6.45, 7) is 6.70. The maximum Gasteiger partial charge on any atom is 0.121 e. The first kappa shape index (κ1) is 13.5. The molecule has 0 saturated carbocycles. The molecule has 0 aliphatic carbocycles. The fourth-order valence-electron chi connectivity index (χ4n) is 2.34. The predicted octanol–water partition coefficient (Wildman–Crippen LogP) is 3.24. The van der Waals surface area contributed by atoms with E-state index < -0.39 is 0 Å². The van der Waals surface area contributed by atoms with Crippen molar-refractivity contribution in [3.05, 3.63) is 23.2 Å². The van der Waals surface area contributed by atoms with Gasteiger partial charge in [-0.2, -0.15) is 0 Å². The van der Waals surface area contributed by atoms with Gasteiger partial charge in [-0.1, -0.05) is 11.6 Å². The van der Waals surface area contributed by atoms with Crippen molar-refractivity contribution in [2.75, 3.05) is 25.5 Å². The molecule has 1 atom stereocenters. The van der Waals surface area contributed by atoms with Gasteiger partial charge < -0.3 is 10.1 Å². The van der Waals surface area contributed by atoms with E-state index in [0.29, 0.717) is 12.1 Å². The van der Waals surface area contributed by atoms with Crippen LogP contribution in [0.25, 0.3) is 0 Å². The van der Waals surface area contributed by atoms with Crippen molar-refractivity contribution in [3.8, 4) is 5.75 Å². The number of rotatable bonds is 4. The molecule has 1 heterocycles. The number of anilines is 1. The normalized spacial score (nSPS) is 20.4. The lowest BCUT2D eigenvalue weighted by Gasteiger charge is -2.21. The van der Waals surface area contributed by atoms with Crippen molar-refractivity contribution < 1.29 is 4.74 Å². The standard InChI is InChI=1S/C14H21ClN2O/c1-10(2)17-7-6-11(9-17)16-14-8-12(18-3)4-5-13(14)15/h4-5,8,10-11,16H,6-7,9H2,1-3H3. The zero-order valence-corrected chi connectivity index (χ0v) is 12.0. The Hall–Kier alpha value is -0.930. The highest BCUT2D eigenvalue weighted by molar-refractivity contribution is 6.33. The van der Waals surface area contributed by atoms with Crippen molar-refractivity contribution in [2.24, 2.45) is 0 Å². The number of benzene rings is 1. The van der Waals surface area contributed by atoms with E-state index >= 15 is 0 Å². The van der Waals surface area contributed by atoms with E-state index in [1.807, 2.05) is 18.2 Å². The van der Waals surface area contributed by atoms with Crippen LogP contribution in [0, 0.1) is 0 Å². The molecule has 100 valence electrons. The highest BCUT2D eigenvalue weighted by atomic mass is 35.5. The van der Waals surface area contributed by atoms with Crippen LogP contribution in [0.4, 0.5) is 5.69 Å². The minimum absolute atomic E-state index is 0.469. The van der Waals surface area contributed by atoms with E-state index in [-0.39, 0.29) is 0 Å². The Morgan fingerprint density at radius 1 is 1.44 bits per heavy atom. The SMILES string of the molecule is COc1ccc(Cl)c(NC2CCN(C(C)C)C2)c1. The molecule has 4 heteroatoms. The highest BCUT2D eigenvalue weighted by Gasteiger charge is 2.24. The van der Waals surface area contributed by atoms with Crippen molar-refractivity contribution in [1.82, 2.24) is 4.90 Å². The van der Waals surface area contributed by atoms with Crippen LogP contribution in [0.5, 0.6) is 5.75 Å². The van der Waals surface area contributed by atoms with Crippen LogP contribution in [-0.2, 0) is 0 Å². The van der Waals surface area contributed by atoms with Crippen LogP contribution in [0.15, 0.2) is 18.2 Å². The lowest BCUT2D eigenvalue weighted by atomic mass is 10.2. The molecule has 0 bridgehead atoms. The topological polar surface area (TPSA) is 24.5 Å². The summed E-state index contributed by atoms with van der Waals surface area (Å²) in [6.07, 6.45) is 1.16. The number of likely N-dealkylation sites (tertiary alicyclic amines) is 1. The van der Waals surface area contributed by atoms with Crippen LogP contribution >= 0.6 is 11.6 Å². The van der Waals surface area contributed by atoms with Crippen molar-refractivity contribution >= 4 is 17.3 Å². The molecule has 18 heavy (non-hydrogen) atoms. The van der Waals surface area contributed by atoms with Gasteiger partial charge in [0.05, 0.1) is 17.8 Å². The molecule has 0 radical (unpaired) electrons. The van der Waals surface area contributed by atoms with Crippen molar-refractivity contribution in [1.29, 1.82) is 0 Å². The molecule has 1 N–H and O–H groups in total. The number of hydrogen-bond donors (Lipinski definition) is 1. The smallest absolute Gasteiger partial charge is 0.121 e. The van der Waals surface area contributed by atoms with E-state index in [9.17, 15) is 0 Å². The van der Waals surface area contributed by atoms with Gasteiger partial charge in [-0.05, 0) is 32.4 Å². The summed E-state index contributed by atoms with van der Waals surface area (Å²) in [5.41, 5.74) is 0.964. The second kappa shape index (κ2) is 5.81. The Bertz CT molecular complexity index is 409. The predicted molar refractivity (Wildman–Crippen MR) is 76.7 cm³/mol. The highest BCUT2D eigenvalue weighted by Crippen LogP contribution is 2.28. The van der Waals surface area contributed by atoms with E-state index in [2.05, 4.69) is 24.1 Å². The summed E-state index contributed by atoms with van der Waals surface area (Å²) in [5.74, 6) is 0.834. The van der Waals surface area contributed by atoms with E-state index in [1.54, 1.807) is 7.11 Å². The number of nitrogens with zero attached hydrogens (tertiary/aromatic N) is 1. The molecule has 1 aromatic rings. The van der Waals surface area contributed by atoms with Crippen LogP contribution in [0.3, 0.4) is 0 Å². The summed E-state index contributed by atoms with van der Waals surface area (Å²) in [5, 5.41) is 4.26. The van der Waals surface area contributed by atoms with Gasteiger partial charge in [-0.15, -0.1) is 0 Å². The van der Waals surface area contributed by atoms with Crippen LogP contribution in [0.2, 0.25) is 5.02 Å². The number of halogens is 1. The fourth-order valence-corrected chi connectivity index (χ4v) is 2.51. The molecule has 2 rings (SSSR count). The molecule has 1 fully saturated rings. The van der Waals surface area contributed by atoms with Crippen molar-refractivity contribution in [2.45, 2.75) is 32.4 Å². The van der Waals surface area contributed by atoms with E-state index in [0.717, 1.165) is 36.0 Å². The second-order valence-corrected chi connectivity index (χ2v) is 5.47. The van der Waals surface area contributed by atoms with E-state index in [1.165, 1.54) is 0 Å². The molecule has 1 aliphatic rings. The van der Waals surface area contributed by atoms with Crippen LogP contribution in [0.1, 0.15) is 20.3 Å². The Morgan fingerprint density at radius 3 is 2.83 bits per heavy atom. The van der Waals surface area contributed by atoms with Gasteiger partial charge in [-0.3, -0.25) is 4.90 Å². The molecule has 1 aromatic carbocycles. The third kappa shape index (κ3) is 3.09. The molecular formula is C14H21ClN2O. The minimum Gasteiger partial charge on any atom is -0.497 e. The average molecular weight is 269 g/mol. The zero-order chi connectivity index (χ0) is 13.1. The first-order valence-electron chi connectivity index (χ1n) is 6.44. The lowest BCUT2D eigenvalue weighted by Crippen LogP contribution is -2.31. The fraction of sp³-hybridized carbons (Fsp3) is 0.571. The largest absolute Gasteiger partial charge is 0.497 e. The van der Waals surface area contributed by atoms with E-state index in [4.69, 9.17) is 16.3 Å². The second-order valence-electron chi connectivity index (χ2n) is 5.06.